The Morgan fingerprint density at radius 1 is 1.23 bits per heavy atom. The maximum Gasteiger partial charge on any atom is 0.261 e. The van der Waals surface area contributed by atoms with Crippen LogP contribution in [0.5, 0.6) is 0 Å². The molecule has 1 aliphatic carbocycles. The van der Waals surface area contributed by atoms with E-state index >= 15 is 0 Å². The second kappa shape index (κ2) is 9.53. The first kappa shape index (κ1) is 22.0. The minimum absolute atomic E-state index is 0.0850. The van der Waals surface area contributed by atoms with E-state index in [1.807, 2.05) is 25.6 Å². The molecule has 1 amide bonds. The molecule has 4 rings (SSSR count). The number of rotatable bonds is 7. The van der Waals surface area contributed by atoms with Crippen molar-refractivity contribution in [2.75, 3.05) is 6.54 Å². The fraction of sp³-hybridized carbons (Fsp3) is 0.520. The number of benzene rings is 1. The highest BCUT2D eigenvalue weighted by atomic mass is 32.1. The Bertz CT molecular complexity index is 1040. The Morgan fingerprint density at radius 2 is 1.97 bits per heavy atom. The zero-order valence-electron chi connectivity index (χ0n) is 19.1. The van der Waals surface area contributed by atoms with Crippen molar-refractivity contribution >= 4 is 27.3 Å². The van der Waals surface area contributed by atoms with Crippen molar-refractivity contribution < 1.29 is 4.79 Å². The van der Waals surface area contributed by atoms with E-state index in [2.05, 4.69) is 53.1 Å². The third-order valence-corrected chi connectivity index (χ3v) is 7.56. The molecule has 2 heterocycles. The van der Waals surface area contributed by atoms with Gasteiger partial charge in [0.1, 0.15) is 0 Å². The third kappa shape index (κ3) is 5.01. The molecule has 0 radical (unpaired) electrons. The Balaban J connectivity index is 1.41. The number of nitrogens with one attached hydrogen (secondary N) is 2. The topological polar surface area (TPSA) is 59.0 Å². The van der Waals surface area contributed by atoms with Gasteiger partial charge in [0, 0.05) is 36.1 Å². The van der Waals surface area contributed by atoms with E-state index in [0.29, 0.717) is 11.8 Å². The van der Waals surface area contributed by atoms with Crippen molar-refractivity contribution in [2.24, 2.45) is 13.0 Å². The van der Waals surface area contributed by atoms with Crippen molar-refractivity contribution in [2.45, 2.75) is 65.0 Å². The predicted octanol–water partition coefficient (Wildman–Crippen LogP) is 5.15. The lowest BCUT2D eigenvalue weighted by molar-refractivity contribution is 0.0945. The molecular formula is C25H34N4OS. The van der Waals surface area contributed by atoms with Crippen molar-refractivity contribution in [1.82, 2.24) is 20.4 Å². The molecule has 1 saturated carbocycles. The molecule has 0 aliphatic heterocycles. The summed E-state index contributed by atoms with van der Waals surface area (Å²) in [4.78, 5) is 13.9. The van der Waals surface area contributed by atoms with Crippen molar-refractivity contribution in [3.05, 3.63) is 52.2 Å². The van der Waals surface area contributed by atoms with Gasteiger partial charge >= 0.3 is 0 Å². The van der Waals surface area contributed by atoms with Gasteiger partial charge in [-0.2, -0.15) is 5.10 Å². The van der Waals surface area contributed by atoms with Gasteiger partial charge in [0.15, 0.2) is 0 Å². The molecule has 2 aromatic heterocycles. The average Bonchev–Trinajstić information content (AvgIpc) is 3.27. The molecule has 1 aliphatic rings. The van der Waals surface area contributed by atoms with E-state index in [1.165, 1.54) is 34.1 Å². The smallest absolute Gasteiger partial charge is 0.261 e. The summed E-state index contributed by atoms with van der Waals surface area (Å²) in [5.41, 5.74) is 3.67. The van der Waals surface area contributed by atoms with Crippen LogP contribution in [0.4, 0.5) is 0 Å². The van der Waals surface area contributed by atoms with E-state index in [-0.39, 0.29) is 11.9 Å². The number of hydrogen-bond acceptors (Lipinski definition) is 4. The van der Waals surface area contributed by atoms with Crippen molar-refractivity contribution in [3.63, 3.8) is 0 Å². The van der Waals surface area contributed by atoms with E-state index in [0.717, 1.165) is 36.5 Å². The summed E-state index contributed by atoms with van der Waals surface area (Å²) < 4.78 is 3.11. The molecule has 1 aromatic carbocycles. The average molecular weight is 439 g/mol. The quantitative estimate of drug-likeness (QED) is 0.537. The lowest BCUT2D eigenvalue weighted by atomic mass is 9.77. The summed E-state index contributed by atoms with van der Waals surface area (Å²) in [6, 6.07) is 8.65. The standard InChI is InChI=1S/C25H34N4OS/c1-16(2)27-25(30)24-23(21-7-5-6-8-22(21)31-24)19-11-9-18(10-12-19)13-26-14-20-15-29(4)28-17(20)3/h5-8,15-16,18-19,26H,9-14H2,1-4H3,(H,27,30). The lowest BCUT2D eigenvalue weighted by Crippen LogP contribution is -2.31. The van der Waals surface area contributed by atoms with Gasteiger partial charge in [-0.3, -0.25) is 9.48 Å². The number of amides is 1. The number of carbonyl (C=O) groups is 1. The zero-order valence-corrected chi connectivity index (χ0v) is 19.9. The zero-order chi connectivity index (χ0) is 22.0. The van der Waals surface area contributed by atoms with Crippen molar-refractivity contribution in [1.29, 1.82) is 0 Å². The van der Waals surface area contributed by atoms with Crippen LogP contribution in [0.3, 0.4) is 0 Å². The Morgan fingerprint density at radius 3 is 2.65 bits per heavy atom. The molecule has 0 unspecified atom stereocenters. The van der Waals surface area contributed by atoms with Crippen LogP contribution in [0.2, 0.25) is 0 Å². The Kier molecular flexibility index (Phi) is 6.77. The first-order valence-electron chi connectivity index (χ1n) is 11.4. The molecule has 0 saturated heterocycles. The first-order valence-corrected chi connectivity index (χ1v) is 12.3. The number of aryl methyl sites for hydroxylation is 2. The number of nitrogens with zero attached hydrogens (tertiary/aromatic N) is 2. The van der Waals surface area contributed by atoms with Gasteiger partial charge in [0.25, 0.3) is 5.91 Å². The monoisotopic (exact) mass is 438 g/mol. The van der Waals surface area contributed by atoms with E-state index in [4.69, 9.17) is 0 Å². The SMILES string of the molecule is Cc1nn(C)cc1CNCC1CCC(c2c(C(=O)NC(C)C)sc3ccccc23)CC1. The van der Waals surface area contributed by atoms with Gasteiger partial charge in [0.2, 0.25) is 0 Å². The van der Waals surface area contributed by atoms with Gasteiger partial charge in [-0.25, -0.2) is 0 Å². The molecule has 6 heteroatoms. The van der Waals surface area contributed by atoms with Crippen LogP contribution in [-0.2, 0) is 13.6 Å². The highest BCUT2D eigenvalue weighted by Gasteiger charge is 2.29. The largest absolute Gasteiger partial charge is 0.349 e. The van der Waals surface area contributed by atoms with E-state index in [9.17, 15) is 4.79 Å². The number of carbonyl (C=O) groups excluding carboxylic acids is 1. The molecule has 5 nitrogen and oxygen atoms in total. The molecule has 31 heavy (non-hydrogen) atoms. The fourth-order valence-corrected chi connectivity index (χ4v) is 6.05. The lowest BCUT2D eigenvalue weighted by Gasteiger charge is -2.29. The number of thiophene rings is 1. The maximum atomic E-state index is 12.9. The molecule has 166 valence electrons. The normalized spacial score (nSPS) is 19.3. The Labute approximate surface area is 189 Å². The van der Waals surface area contributed by atoms with Gasteiger partial charge in [0.05, 0.1) is 10.6 Å². The summed E-state index contributed by atoms with van der Waals surface area (Å²) in [7, 11) is 1.97. The highest BCUT2D eigenvalue weighted by Crippen LogP contribution is 2.43. The predicted molar refractivity (Wildman–Crippen MR) is 129 cm³/mol. The molecular weight excluding hydrogens is 404 g/mol. The van der Waals surface area contributed by atoms with Gasteiger partial charge in [-0.1, -0.05) is 18.2 Å². The van der Waals surface area contributed by atoms with Crippen LogP contribution < -0.4 is 10.6 Å². The second-order valence-electron chi connectivity index (χ2n) is 9.23. The summed E-state index contributed by atoms with van der Waals surface area (Å²) in [6.07, 6.45) is 6.82. The molecule has 2 N–H and O–H groups in total. The minimum Gasteiger partial charge on any atom is -0.349 e. The molecule has 1 fully saturated rings. The summed E-state index contributed by atoms with van der Waals surface area (Å²) in [5, 5.41) is 12.5. The van der Waals surface area contributed by atoms with Crippen LogP contribution in [0.1, 0.15) is 71.9 Å². The summed E-state index contributed by atoms with van der Waals surface area (Å²) in [5.74, 6) is 1.26. The van der Waals surface area contributed by atoms with Crippen LogP contribution in [-0.4, -0.2) is 28.3 Å². The Hall–Kier alpha value is -2.18. The molecule has 0 atom stereocenters. The van der Waals surface area contributed by atoms with Gasteiger partial charge in [-0.15, -0.1) is 11.3 Å². The summed E-state index contributed by atoms with van der Waals surface area (Å²) >= 11 is 1.65. The fourth-order valence-electron chi connectivity index (χ4n) is 4.86. The van der Waals surface area contributed by atoms with E-state index in [1.54, 1.807) is 11.3 Å². The van der Waals surface area contributed by atoms with Gasteiger partial charge in [-0.05, 0) is 81.9 Å². The summed E-state index contributed by atoms with van der Waals surface area (Å²) in [6.45, 7) is 8.05. The molecule has 3 aromatic rings. The molecule has 0 bridgehead atoms. The number of fused-ring (bicyclic) bond motifs is 1. The first-order chi connectivity index (χ1) is 14.9. The van der Waals surface area contributed by atoms with E-state index < -0.39 is 0 Å². The number of aromatic nitrogens is 2. The van der Waals surface area contributed by atoms with Crippen LogP contribution in [0.15, 0.2) is 30.5 Å². The highest BCUT2D eigenvalue weighted by molar-refractivity contribution is 7.21. The second-order valence-corrected chi connectivity index (χ2v) is 10.3. The van der Waals surface area contributed by atoms with Crippen LogP contribution in [0, 0.1) is 12.8 Å². The maximum absolute atomic E-state index is 12.9. The third-order valence-electron chi connectivity index (χ3n) is 6.38. The van der Waals surface area contributed by atoms with Gasteiger partial charge < -0.3 is 10.6 Å². The molecule has 0 spiro atoms. The number of hydrogen-bond donors (Lipinski definition) is 2. The van der Waals surface area contributed by atoms with Crippen LogP contribution in [0.25, 0.3) is 10.1 Å². The van der Waals surface area contributed by atoms with Crippen molar-refractivity contribution in [3.8, 4) is 0 Å². The van der Waals surface area contributed by atoms with Crippen LogP contribution >= 0.6 is 11.3 Å². The minimum atomic E-state index is 0.0850.